The average Bonchev–Trinajstić information content (AvgIpc) is 2.79. The Hall–Kier alpha value is -2.12. The van der Waals surface area contributed by atoms with Crippen LogP contribution in [0.5, 0.6) is 0 Å². The number of halogens is 1. The Morgan fingerprint density at radius 3 is 2.38 bits per heavy atom. The molecule has 1 fully saturated rings. The van der Waals surface area contributed by atoms with Gasteiger partial charge >= 0.3 is 6.03 Å². The van der Waals surface area contributed by atoms with Gasteiger partial charge in [0.05, 0.1) is 26.7 Å². The molecule has 5 heteroatoms. The third kappa shape index (κ3) is 6.94. The van der Waals surface area contributed by atoms with Gasteiger partial charge in [0.15, 0.2) is 0 Å². The monoisotopic (exact) mass is 543 g/mol. The van der Waals surface area contributed by atoms with E-state index in [9.17, 15) is 4.79 Å². The van der Waals surface area contributed by atoms with Crippen molar-refractivity contribution in [2.75, 3.05) is 38.5 Å². The highest BCUT2D eigenvalue weighted by Gasteiger charge is 2.29. The number of hydrogen-bond donors (Lipinski definition) is 2. The summed E-state index contributed by atoms with van der Waals surface area (Å²) in [6.45, 7) is 4.30. The topological polar surface area (TPSA) is 41.1 Å². The first kappa shape index (κ1) is 24.5. The van der Waals surface area contributed by atoms with Crippen LogP contribution in [0, 0.1) is 5.92 Å². The summed E-state index contributed by atoms with van der Waals surface area (Å²) >= 11 is 0. The fraction of sp³-hybridized carbons (Fsp3) is 0.370. The molecule has 0 saturated carbocycles. The Morgan fingerprint density at radius 2 is 1.62 bits per heavy atom. The van der Waals surface area contributed by atoms with Gasteiger partial charge in [0, 0.05) is 18.7 Å². The number of carbonyl (C=O) groups excluding carboxylic acids is 1. The predicted molar refractivity (Wildman–Crippen MR) is 129 cm³/mol. The van der Waals surface area contributed by atoms with Crippen molar-refractivity contribution < 1.29 is 33.3 Å². The Balaban J connectivity index is 0.00000289. The number of hydrogen-bond acceptors (Lipinski definition) is 1. The number of quaternary nitrogens is 1. The highest BCUT2D eigenvalue weighted by atomic mass is 127. The van der Waals surface area contributed by atoms with Crippen molar-refractivity contribution in [2.24, 2.45) is 5.92 Å². The number of benzene rings is 3. The Bertz CT molecular complexity index is 1000. The summed E-state index contributed by atoms with van der Waals surface area (Å²) in [5, 5.41) is 8.28. The van der Waals surface area contributed by atoms with Gasteiger partial charge in [-0.3, -0.25) is 0 Å². The number of anilines is 1. The maximum absolute atomic E-state index is 12.3. The molecule has 0 spiro atoms. The van der Waals surface area contributed by atoms with E-state index < -0.39 is 0 Å². The lowest BCUT2D eigenvalue weighted by molar-refractivity contribution is -0.915. The number of nitrogens with one attached hydrogen (secondary N) is 2. The van der Waals surface area contributed by atoms with Crippen LogP contribution in [-0.4, -0.2) is 43.7 Å². The van der Waals surface area contributed by atoms with Crippen LogP contribution in [0.1, 0.15) is 24.8 Å². The van der Waals surface area contributed by atoms with E-state index in [-0.39, 0.29) is 30.0 Å². The molecule has 1 aliphatic rings. The molecule has 1 aliphatic heterocycles. The summed E-state index contributed by atoms with van der Waals surface area (Å²) in [6, 6.07) is 24.9. The number of fused-ring (bicyclic) bond motifs is 1. The van der Waals surface area contributed by atoms with E-state index in [1.807, 2.05) is 30.3 Å². The van der Waals surface area contributed by atoms with E-state index in [0.29, 0.717) is 6.54 Å². The Kier molecular flexibility index (Phi) is 8.93. The molecule has 2 amide bonds. The first-order valence-corrected chi connectivity index (χ1v) is 11.5. The first-order chi connectivity index (χ1) is 15.1. The molecule has 0 atom stereocenters. The van der Waals surface area contributed by atoms with E-state index in [1.54, 1.807) is 0 Å². The van der Waals surface area contributed by atoms with Crippen LogP contribution in [0.3, 0.4) is 0 Å². The molecule has 3 aromatic carbocycles. The quantitative estimate of drug-likeness (QED) is 0.269. The molecule has 2 N–H and O–H groups in total. The molecule has 4 nitrogen and oxygen atoms in total. The molecule has 1 saturated heterocycles. The smallest absolute Gasteiger partial charge is 0.319 e. The molecule has 0 aromatic heterocycles. The predicted octanol–water partition coefficient (Wildman–Crippen LogP) is 2.45. The van der Waals surface area contributed by atoms with Crippen LogP contribution in [0.25, 0.3) is 10.8 Å². The highest BCUT2D eigenvalue weighted by molar-refractivity contribution is 5.93. The van der Waals surface area contributed by atoms with E-state index in [0.717, 1.165) is 34.4 Å². The van der Waals surface area contributed by atoms with Gasteiger partial charge in [-0.1, -0.05) is 60.7 Å². The molecule has 1 heterocycles. The van der Waals surface area contributed by atoms with Crippen molar-refractivity contribution in [1.29, 1.82) is 0 Å². The van der Waals surface area contributed by atoms with E-state index in [2.05, 4.69) is 60.1 Å². The molecule has 0 bridgehead atoms. The highest BCUT2D eigenvalue weighted by Crippen LogP contribution is 2.25. The zero-order chi connectivity index (χ0) is 21.5. The third-order valence-corrected chi connectivity index (χ3v) is 6.69. The lowest BCUT2D eigenvalue weighted by Crippen LogP contribution is -3.00. The standard InChI is InChI=1S/C27H33N3O.HI/c1-30(18-14-23(15-19-30)20-22-8-3-2-4-9-22)17-7-16-28-27(31)29-26-13-12-24-10-5-6-11-25(24)21-26;/h2-6,8-13,21,23H,7,14-20H2,1H3,(H-,28,29,31);1H. The van der Waals surface area contributed by atoms with Gasteiger partial charge in [0.1, 0.15) is 0 Å². The maximum Gasteiger partial charge on any atom is 0.319 e. The number of urea groups is 1. The van der Waals surface area contributed by atoms with Gasteiger partial charge in [-0.25, -0.2) is 4.79 Å². The Morgan fingerprint density at radius 1 is 0.938 bits per heavy atom. The molecule has 4 rings (SSSR count). The van der Waals surface area contributed by atoms with Gasteiger partial charge in [0.2, 0.25) is 0 Å². The van der Waals surface area contributed by atoms with E-state index in [1.165, 1.54) is 43.3 Å². The summed E-state index contributed by atoms with van der Waals surface area (Å²) in [4.78, 5) is 12.3. The molecular formula is C27H34IN3O. The van der Waals surface area contributed by atoms with E-state index in [4.69, 9.17) is 0 Å². The average molecular weight is 543 g/mol. The fourth-order valence-electron chi connectivity index (χ4n) is 4.72. The number of piperidine rings is 1. The first-order valence-electron chi connectivity index (χ1n) is 11.5. The van der Waals surface area contributed by atoms with Crippen molar-refractivity contribution in [3.8, 4) is 0 Å². The second kappa shape index (κ2) is 11.7. The second-order valence-corrected chi connectivity index (χ2v) is 9.22. The van der Waals surface area contributed by atoms with Crippen LogP contribution in [-0.2, 0) is 6.42 Å². The lowest BCUT2D eigenvalue weighted by Gasteiger charge is -2.40. The summed E-state index contributed by atoms with van der Waals surface area (Å²) in [5.41, 5.74) is 2.29. The van der Waals surface area contributed by atoms with Crippen molar-refractivity contribution >= 4 is 22.5 Å². The van der Waals surface area contributed by atoms with Crippen LogP contribution in [0.2, 0.25) is 0 Å². The van der Waals surface area contributed by atoms with E-state index >= 15 is 0 Å². The molecular weight excluding hydrogens is 509 g/mol. The van der Waals surface area contributed by atoms with Gasteiger partial charge < -0.3 is 39.1 Å². The van der Waals surface area contributed by atoms with Crippen LogP contribution >= 0.6 is 0 Å². The number of likely N-dealkylation sites (tertiary alicyclic amines) is 1. The third-order valence-electron chi connectivity index (χ3n) is 6.69. The molecule has 0 unspecified atom stereocenters. The van der Waals surface area contributed by atoms with Gasteiger partial charge in [-0.05, 0) is 53.6 Å². The zero-order valence-electron chi connectivity index (χ0n) is 18.9. The minimum Gasteiger partial charge on any atom is -1.00 e. The van der Waals surface area contributed by atoms with Crippen molar-refractivity contribution in [3.05, 3.63) is 78.4 Å². The number of rotatable bonds is 7. The molecule has 0 radical (unpaired) electrons. The maximum atomic E-state index is 12.3. The molecule has 3 aromatic rings. The summed E-state index contributed by atoms with van der Waals surface area (Å²) in [5.74, 6) is 0.805. The fourth-order valence-corrected chi connectivity index (χ4v) is 4.72. The lowest BCUT2D eigenvalue weighted by atomic mass is 9.89. The minimum absolute atomic E-state index is 0. The minimum atomic E-state index is -0.125. The zero-order valence-corrected chi connectivity index (χ0v) is 21.1. The number of nitrogens with zero attached hydrogens (tertiary/aromatic N) is 1. The second-order valence-electron chi connectivity index (χ2n) is 9.22. The number of amides is 2. The number of carbonyl (C=O) groups is 1. The van der Waals surface area contributed by atoms with Crippen molar-refractivity contribution in [3.63, 3.8) is 0 Å². The largest absolute Gasteiger partial charge is 1.00 e. The van der Waals surface area contributed by atoms with Crippen LogP contribution in [0.15, 0.2) is 72.8 Å². The van der Waals surface area contributed by atoms with Crippen molar-refractivity contribution in [1.82, 2.24) is 5.32 Å². The molecule has 32 heavy (non-hydrogen) atoms. The molecule has 0 aliphatic carbocycles. The summed E-state index contributed by atoms with van der Waals surface area (Å²) in [7, 11) is 2.37. The van der Waals surface area contributed by atoms with Gasteiger partial charge in [0.25, 0.3) is 0 Å². The SMILES string of the molecule is C[N+]1(CCCNC(=O)Nc2ccc3ccccc3c2)CCC(Cc2ccccc2)CC1.[I-]. The Labute approximate surface area is 209 Å². The van der Waals surface area contributed by atoms with Gasteiger partial charge in [-0.15, -0.1) is 0 Å². The summed E-state index contributed by atoms with van der Waals surface area (Å²) in [6.07, 6.45) is 4.80. The van der Waals surface area contributed by atoms with Gasteiger partial charge in [-0.2, -0.15) is 0 Å². The normalized spacial score (nSPS) is 20.3. The van der Waals surface area contributed by atoms with Crippen LogP contribution in [0.4, 0.5) is 10.5 Å². The molecule has 170 valence electrons. The summed E-state index contributed by atoms with van der Waals surface area (Å²) < 4.78 is 1.12. The van der Waals surface area contributed by atoms with Crippen molar-refractivity contribution in [2.45, 2.75) is 25.7 Å². The van der Waals surface area contributed by atoms with Crippen LogP contribution < -0.4 is 34.6 Å².